The number of carbonyl (C=O) groups excluding carboxylic acids is 3. The lowest BCUT2D eigenvalue weighted by molar-refractivity contribution is -0.122. The van der Waals surface area contributed by atoms with Crippen molar-refractivity contribution in [2.75, 3.05) is 18.1 Å². The fourth-order valence-corrected chi connectivity index (χ4v) is 4.31. The molecule has 0 unspecified atom stereocenters. The van der Waals surface area contributed by atoms with E-state index in [0.717, 1.165) is 4.90 Å². The zero-order valence-electron chi connectivity index (χ0n) is 16.2. The van der Waals surface area contributed by atoms with Gasteiger partial charge in [0.2, 0.25) is 0 Å². The number of imide groups is 2. The van der Waals surface area contributed by atoms with Crippen LogP contribution in [0.1, 0.15) is 19.4 Å². The molecule has 3 rings (SSSR count). The third kappa shape index (κ3) is 4.57. The molecule has 1 fully saturated rings. The maximum Gasteiger partial charge on any atom is 0.335 e. The maximum absolute atomic E-state index is 13.0. The second-order valence-electron chi connectivity index (χ2n) is 6.13. The first-order valence-corrected chi connectivity index (χ1v) is 10.7. The highest BCUT2D eigenvalue weighted by Crippen LogP contribution is 2.35. The Labute approximate surface area is 190 Å². The lowest BCUT2D eigenvalue weighted by atomic mass is 10.1. The molecule has 0 atom stereocenters. The number of rotatable bonds is 6. The minimum absolute atomic E-state index is 0.161. The summed E-state index contributed by atoms with van der Waals surface area (Å²) in [6.07, 6.45) is 1.43. The van der Waals surface area contributed by atoms with Gasteiger partial charge in [-0.3, -0.25) is 14.9 Å². The molecular formula is C21H18Br2N2O5. The molecular weight excluding hydrogens is 520 g/mol. The van der Waals surface area contributed by atoms with Crippen LogP contribution in [0.2, 0.25) is 0 Å². The van der Waals surface area contributed by atoms with Crippen LogP contribution in [-0.2, 0) is 9.59 Å². The quantitative estimate of drug-likeness (QED) is 0.427. The van der Waals surface area contributed by atoms with E-state index in [9.17, 15) is 14.4 Å². The van der Waals surface area contributed by atoms with Crippen molar-refractivity contribution in [3.05, 3.63) is 56.5 Å². The van der Waals surface area contributed by atoms with Gasteiger partial charge < -0.3 is 9.47 Å². The van der Waals surface area contributed by atoms with E-state index < -0.39 is 17.8 Å². The van der Waals surface area contributed by atoms with Crippen molar-refractivity contribution in [1.82, 2.24) is 5.32 Å². The highest BCUT2D eigenvalue weighted by molar-refractivity contribution is 9.11. The molecule has 1 heterocycles. The summed E-state index contributed by atoms with van der Waals surface area (Å²) in [6.45, 7) is 4.71. The predicted molar refractivity (Wildman–Crippen MR) is 120 cm³/mol. The Bertz CT molecular complexity index is 1010. The van der Waals surface area contributed by atoms with Gasteiger partial charge in [0, 0.05) is 0 Å². The standard InChI is InChI=1S/C21H18Br2N2O5/c1-3-29-14-7-5-13(6-8-14)25-20(27)15(19(26)24-21(25)28)9-12-10-16(22)18(30-4-2)17(23)11-12/h5-11H,3-4H2,1-2H3,(H,24,26,28)/b15-9+. The van der Waals surface area contributed by atoms with Crippen LogP contribution in [0.4, 0.5) is 10.5 Å². The highest BCUT2D eigenvalue weighted by atomic mass is 79.9. The smallest absolute Gasteiger partial charge is 0.335 e. The first kappa shape index (κ1) is 22.0. The Morgan fingerprint density at radius 3 is 2.13 bits per heavy atom. The number of hydrogen-bond acceptors (Lipinski definition) is 5. The summed E-state index contributed by atoms with van der Waals surface area (Å²) < 4.78 is 12.2. The van der Waals surface area contributed by atoms with Gasteiger partial charge in [0.1, 0.15) is 17.1 Å². The molecule has 4 amide bonds. The van der Waals surface area contributed by atoms with Gasteiger partial charge in [0.25, 0.3) is 11.8 Å². The molecule has 1 aliphatic heterocycles. The molecule has 30 heavy (non-hydrogen) atoms. The lowest BCUT2D eigenvalue weighted by Gasteiger charge is -2.26. The third-order valence-electron chi connectivity index (χ3n) is 4.13. The second-order valence-corrected chi connectivity index (χ2v) is 7.84. The molecule has 2 aromatic rings. The second kappa shape index (κ2) is 9.44. The molecule has 1 saturated heterocycles. The van der Waals surface area contributed by atoms with Crippen LogP contribution in [0.25, 0.3) is 6.08 Å². The van der Waals surface area contributed by atoms with Gasteiger partial charge in [-0.15, -0.1) is 0 Å². The number of hydrogen-bond donors (Lipinski definition) is 1. The highest BCUT2D eigenvalue weighted by Gasteiger charge is 2.36. The van der Waals surface area contributed by atoms with Crippen molar-refractivity contribution in [1.29, 1.82) is 0 Å². The molecule has 0 bridgehead atoms. The summed E-state index contributed by atoms with van der Waals surface area (Å²) in [5.74, 6) is -0.241. The number of anilines is 1. The Balaban J connectivity index is 1.96. The number of benzene rings is 2. The first-order valence-electron chi connectivity index (χ1n) is 9.11. The van der Waals surface area contributed by atoms with Crippen LogP contribution in [0.15, 0.2) is 50.9 Å². The van der Waals surface area contributed by atoms with Crippen molar-refractivity contribution in [2.45, 2.75) is 13.8 Å². The monoisotopic (exact) mass is 536 g/mol. The van der Waals surface area contributed by atoms with Crippen LogP contribution in [0.3, 0.4) is 0 Å². The Morgan fingerprint density at radius 1 is 0.967 bits per heavy atom. The Hall–Kier alpha value is -2.65. The molecule has 0 saturated carbocycles. The van der Waals surface area contributed by atoms with Gasteiger partial charge in [0.15, 0.2) is 0 Å². The summed E-state index contributed by atoms with van der Waals surface area (Å²) in [5.41, 5.74) is 0.747. The largest absolute Gasteiger partial charge is 0.494 e. The van der Waals surface area contributed by atoms with Crippen LogP contribution in [0, 0.1) is 0 Å². The summed E-state index contributed by atoms with van der Waals surface area (Å²) >= 11 is 6.85. The summed E-state index contributed by atoms with van der Waals surface area (Å²) in [4.78, 5) is 38.6. The zero-order valence-corrected chi connectivity index (χ0v) is 19.4. The van der Waals surface area contributed by atoms with Gasteiger partial charge in [-0.05, 0) is 93.7 Å². The number of amides is 4. The molecule has 0 radical (unpaired) electrons. The van der Waals surface area contributed by atoms with Gasteiger partial charge in [-0.1, -0.05) is 0 Å². The molecule has 0 aromatic heterocycles. The van der Waals surface area contributed by atoms with E-state index >= 15 is 0 Å². The molecule has 1 aliphatic rings. The number of carbonyl (C=O) groups is 3. The third-order valence-corrected chi connectivity index (χ3v) is 5.31. The van der Waals surface area contributed by atoms with Gasteiger partial charge in [0.05, 0.1) is 27.8 Å². The SMILES string of the molecule is CCOc1ccc(N2C(=O)NC(=O)/C(=C\c3cc(Br)c(OCC)c(Br)c3)C2=O)cc1. The van der Waals surface area contributed by atoms with Crippen molar-refractivity contribution in [3.8, 4) is 11.5 Å². The van der Waals surface area contributed by atoms with Crippen LogP contribution < -0.4 is 19.7 Å². The summed E-state index contributed by atoms with van der Waals surface area (Å²) in [6, 6.07) is 9.11. The van der Waals surface area contributed by atoms with Gasteiger partial charge in [-0.25, -0.2) is 9.69 Å². The first-order chi connectivity index (χ1) is 14.3. The molecule has 0 spiro atoms. The number of ether oxygens (including phenoxy) is 2. The van der Waals surface area contributed by atoms with E-state index in [1.54, 1.807) is 36.4 Å². The zero-order chi connectivity index (χ0) is 21.8. The number of urea groups is 1. The Morgan fingerprint density at radius 2 is 1.57 bits per heavy atom. The fourth-order valence-electron chi connectivity index (χ4n) is 2.86. The molecule has 0 aliphatic carbocycles. The number of halogens is 2. The maximum atomic E-state index is 13.0. The van der Waals surface area contributed by atoms with E-state index in [0.29, 0.717) is 44.9 Å². The van der Waals surface area contributed by atoms with Crippen molar-refractivity contribution in [3.63, 3.8) is 0 Å². The van der Waals surface area contributed by atoms with Crippen molar-refractivity contribution in [2.24, 2.45) is 0 Å². The molecule has 2 aromatic carbocycles. The fraction of sp³-hybridized carbons (Fsp3) is 0.190. The molecule has 9 heteroatoms. The minimum Gasteiger partial charge on any atom is -0.494 e. The van der Waals surface area contributed by atoms with E-state index in [-0.39, 0.29) is 5.57 Å². The average molecular weight is 538 g/mol. The van der Waals surface area contributed by atoms with E-state index in [1.165, 1.54) is 6.08 Å². The Kier molecular flexibility index (Phi) is 6.94. The topological polar surface area (TPSA) is 84.9 Å². The number of barbiturate groups is 1. The number of nitrogens with zero attached hydrogens (tertiary/aromatic N) is 1. The molecule has 156 valence electrons. The average Bonchev–Trinajstić information content (AvgIpc) is 2.69. The molecule has 1 N–H and O–H groups in total. The normalized spacial score (nSPS) is 15.4. The van der Waals surface area contributed by atoms with E-state index in [1.807, 2.05) is 13.8 Å². The summed E-state index contributed by atoms with van der Waals surface area (Å²) in [5, 5.41) is 2.21. The minimum atomic E-state index is -0.805. The number of nitrogens with one attached hydrogen (secondary N) is 1. The van der Waals surface area contributed by atoms with Crippen LogP contribution >= 0.6 is 31.9 Å². The molecule has 7 nitrogen and oxygen atoms in total. The lowest BCUT2D eigenvalue weighted by Crippen LogP contribution is -2.54. The van der Waals surface area contributed by atoms with E-state index in [4.69, 9.17) is 9.47 Å². The van der Waals surface area contributed by atoms with Crippen LogP contribution in [-0.4, -0.2) is 31.1 Å². The van der Waals surface area contributed by atoms with Crippen molar-refractivity contribution < 1.29 is 23.9 Å². The van der Waals surface area contributed by atoms with Gasteiger partial charge >= 0.3 is 6.03 Å². The van der Waals surface area contributed by atoms with Crippen LogP contribution in [0.5, 0.6) is 11.5 Å². The predicted octanol–water partition coefficient (Wildman–Crippen LogP) is 4.68. The summed E-state index contributed by atoms with van der Waals surface area (Å²) in [7, 11) is 0. The van der Waals surface area contributed by atoms with Crippen molar-refractivity contribution >= 4 is 61.5 Å². The van der Waals surface area contributed by atoms with Gasteiger partial charge in [-0.2, -0.15) is 0 Å². The van der Waals surface area contributed by atoms with E-state index in [2.05, 4.69) is 37.2 Å².